The normalized spacial score (nSPS) is 11.5. The summed E-state index contributed by atoms with van der Waals surface area (Å²) in [5.74, 6) is -0.251. The van der Waals surface area contributed by atoms with E-state index in [0.717, 1.165) is 10.7 Å². The van der Waals surface area contributed by atoms with Gasteiger partial charge in [0.1, 0.15) is 0 Å². The summed E-state index contributed by atoms with van der Waals surface area (Å²) < 4.78 is 31.2. The SMILES string of the molecule is CS(=O)(=O)Nc1ccc2onc(C(=O)Nc3ccc(Br)cc3-c3nn[nH]n3)c2c1. The molecule has 0 fully saturated rings. The number of nitrogens with one attached hydrogen (secondary N) is 3. The second-order valence-electron chi connectivity index (χ2n) is 6.00. The molecule has 4 rings (SSSR count). The molecule has 0 aliphatic carbocycles. The summed E-state index contributed by atoms with van der Waals surface area (Å²) in [6.07, 6.45) is 1.03. The van der Waals surface area contributed by atoms with E-state index in [1.165, 1.54) is 18.2 Å². The van der Waals surface area contributed by atoms with Crippen molar-refractivity contribution in [3.8, 4) is 11.4 Å². The Hall–Kier alpha value is -3.32. The molecule has 0 aliphatic rings. The number of benzene rings is 2. The van der Waals surface area contributed by atoms with Crippen LogP contribution in [0.2, 0.25) is 0 Å². The van der Waals surface area contributed by atoms with Crippen molar-refractivity contribution in [2.75, 3.05) is 16.3 Å². The Morgan fingerprint density at radius 1 is 1.21 bits per heavy atom. The lowest BCUT2D eigenvalue weighted by atomic mass is 10.1. The zero-order chi connectivity index (χ0) is 20.6. The van der Waals surface area contributed by atoms with Gasteiger partial charge in [0.25, 0.3) is 5.91 Å². The van der Waals surface area contributed by atoms with Crippen LogP contribution in [0.15, 0.2) is 45.4 Å². The van der Waals surface area contributed by atoms with Gasteiger partial charge in [-0.15, -0.1) is 10.2 Å². The molecule has 29 heavy (non-hydrogen) atoms. The van der Waals surface area contributed by atoms with Crippen molar-refractivity contribution in [1.82, 2.24) is 25.8 Å². The molecule has 0 aliphatic heterocycles. The van der Waals surface area contributed by atoms with Gasteiger partial charge in [0.2, 0.25) is 15.8 Å². The molecule has 148 valence electrons. The van der Waals surface area contributed by atoms with Crippen LogP contribution in [0.3, 0.4) is 0 Å². The van der Waals surface area contributed by atoms with E-state index in [9.17, 15) is 13.2 Å². The first-order valence-corrected chi connectivity index (χ1v) is 10.7. The number of amides is 1. The molecule has 0 saturated heterocycles. The third-order valence-corrected chi connectivity index (χ3v) is 4.90. The first-order chi connectivity index (χ1) is 13.8. The van der Waals surface area contributed by atoms with E-state index in [0.29, 0.717) is 28.0 Å². The zero-order valence-electron chi connectivity index (χ0n) is 14.7. The summed E-state index contributed by atoms with van der Waals surface area (Å²) in [5, 5.41) is 20.7. The Morgan fingerprint density at radius 2 is 2.03 bits per heavy atom. The van der Waals surface area contributed by atoms with Crippen LogP contribution < -0.4 is 10.0 Å². The number of fused-ring (bicyclic) bond motifs is 1. The predicted octanol–water partition coefficient (Wildman–Crippen LogP) is 2.39. The van der Waals surface area contributed by atoms with Gasteiger partial charge in [-0.1, -0.05) is 21.1 Å². The van der Waals surface area contributed by atoms with E-state index >= 15 is 0 Å². The van der Waals surface area contributed by atoms with Crippen LogP contribution in [0.5, 0.6) is 0 Å². The molecule has 0 radical (unpaired) electrons. The molecule has 11 nitrogen and oxygen atoms in total. The van der Waals surface area contributed by atoms with Crippen LogP contribution in [0.4, 0.5) is 11.4 Å². The molecule has 0 bridgehead atoms. The second-order valence-corrected chi connectivity index (χ2v) is 8.66. The number of hydrogen-bond acceptors (Lipinski definition) is 8. The molecule has 2 heterocycles. The van der Waals surface area contributed by atoms with Gasteiger partial charge >= 0.3 is 0 Å². The molecule has 1 amide bonds. The van der Waals surface area contributed by atoms with Gasteiger partial charge in [0, 0.05) is 15.7 Å². The van der Waals surface area contributed by atoms with Crippen LogP contribution in [0.25, 0.3) is 22.4 Å². The minimum Gasteiger partial charge on any atom is -0.355 e. The van der Waals surface area contributed by atoms with Gasteiger partial charge < -0.3 is 9.84 Å². The molecular formula is C16H12BrN7O4S. The fraction of sp³-hybridized carbons (Fsp3) is 0.0625. The fourth-order valence-electron chi connectivity index (χ4n) is 2.65. The van der Waals surface area contributed by atoms with Crippen molar-refractivity contribution < 1.29 is 17.7 Å². The number of anilines is 2. The standard InChI is InChI=1S/C16H12BrN7O4S/c1-29(26,27)22-9-3-5-13-11(7-9)14(21-28-13)16(25)18-12-4-2-8(17)6-10(12)15-19-23-24-20-15/h2-7,22H,1H3,(H,18,25)(H,19,20,23,24). The smallest absolute Gasteiger partial charge is 0.278 e. The summed E-state index contributed by atoms with van der Waals surface area (Å²) in [7, 11) is -3.47. The van der Waals surface area contributed by atoms with E-state index in [4.69, 9.17) is 4.52 Å². The van der Waals surface area contributed by atoms with Gasteiger partial charge in [-0.05, 0) is 41.6 Å². The Kier molecular flexibility index (Phi) is 4.76. The molecule has 0 saturated carbocycles. The van der Waals surface area contributed by atoms with Gasteiger partial charge in [-0.3, -0.25) is 9.52 Å². The van der Waals surface area contributed by atoms with E-state index in [2.05, 4.69) is 51.7 Å². The Bertz CT molecular complexity index is 1320. The molecular weight excluding hydrogens is 466 g/mol. The molecule has 2 aromatic heterocycles. The Balaban J connectivity index is 1.69. The molecule has 13 heteroatoms. The number of rotatable bonds is 5. The third kappa shape index (κ3) is 4.09. The summed E-state index contributed by atoms with van der Waals surface area (Å²) >= 11 is 3.37. The number of tetrazole rings is 1. The third-order valence-electron chi connectivity index (χ3n) is 3.80. The molecule has 0 unspecified atom stereocenters. The monoisotopic (exact) mass is 477 g/mol. The minimum atomic E-state index is -3.47. The fourth-order valence-corrected chi connectivity index (χ4v) is 3.56. The topological polar surface area (TPSA) is 156 Å². The van der Waals surface area contributed by atoms with E-state index in [1.54, 1.807) is 18.2 Å². The average Bonchev–Trinajstić information content (AvgIpc) is 3.31. The maximum Gasteiger partial charge on any atom is 0.278 e. The first kappa shape index (κ1) is 19.0. The molecule has 0 atom stereocenters. The van der Waals surface area contributed by atoms with Crippen LogP contribution in [0.1, 0.15) is 10.5 Å². The van der Waals surface area contributed by atoms with Gasteiger partial charge in [0.15, 0.2) is 11.3 Å². The largest absolute Gasteiger partial charge is 0.355 e. The Labute approximate surface area is 172 Å². The van der Waals surface area contributed by atoms with Crippen molar-refractivity contribution in [3.63, 3.8) is 0 Å². The summed E-state index contributed by atoms with van der Waals surface area (Å²) in [6.45, 7) is 0. The van der Waals surface area contributed by atoms with Gasteiger partial charge in [-0.25, -0.2) is 8.42 Å². The van der Waals surface area contributed by atoms with Crippen LogP contribution in [0, 0.1) is 0 Å². The van der Waals surface area contributed by atoms with Crippen LogP contribution >= 0.6 is 15.9 Å². The number of hydrogen-bond donors (Lipinski definition) is 3. The van der Waals surface area contributed by atoms with E-state index < -0.39 is 15.9 Å². The molecule has 2 aromatic carbocycles. The first-order valence-electron chi connectivity index (χ1n) is 8.02. The quantitative estimate of drug-likeness (QED) is 0.395. The number of carbonyl (C=O) groups excluding carboxylic acids is 1. The summed E-state index contributed by atoms with van der Waals surface area (Å²) in [4.78, 5) is 12.8. The minimum absolute atomic E-state index is 0.000804. The highest BCUT2D eigenvalue weighted by atomic mass is 79.9. The number of H-pyrrole nitrogens is 1. The lowest BCUT2D eigenvalue weighted by Crippen LogP contribution is -2.14. The highest BCUT2D eigenvalue weighted by molar-refractivity contribution is 9.10. The van der Waals surface area contributed by atoms with Crippen LogP contribution in [-0.4, -0.2) is 46.4 Å². The number of carbonyl (C=O) groups is 1. The Morgan fingerprint density at radius 3 is 2.76 bits per heavy atom. The van der Waals surface area contributed by atoms with Crippen molar-refractivity contribution in [1.29, 1.82) is 0 Å². The van der Waals surface area contributed by atoms with Crippen molar-refractivity contribution in [2.45, 2.75) is 0 Å². The highest BCUT2D eigenvalue weighted by Gasteiger charge is 2.20. The second kappa shape index (κ2) is 7.25. The zero-order valence-corrected chi connectivity index (χ0v) is 17.1. The average molecular weight is 478 g/mol. The lowest BCUT2D eigenvalue weighted by molar-refractivity contribution is 0.102. The number of aromatic amines is 1. The summed E-state index contributed by atoms with van der Waals surface area (Å²) in [5.41, 5.74) is 1.59. The van der Waals surface area contributed by atoms with Crippen molar-refractivity contribution >= 4 is 54.2 Å². The van der Waals surface area contributed by atoms with E-state index in [-0.39, 0.29) is 11.4 Å². The number of sulfonamides is 1. The number of halogens is 1. The van der Waals surface area contributed by atoms with Crippen molar-refractivity contribution in [2.24, 2.45) is 0 Å². The number of aromatic nitrogens is 5. The van der Waals surface area contributed by atoms with Gasteiger partial charge in [-0.2, -0.15) is 5.21 Å². The lowest BCUT2D eigenvalue weighted by Gasteiger charge is -2.08. The molecule has 4 aromatic rings. The van der Waals surface area contributed by atoms with Crippen LogP contribution in [-0.2, 0) is 10.0 Å². The summed E-state index contributed by atoms with van der Waals surface area (Å²) in [6, 6.07) is 9.66. The maximum atomic E-state index is 12.8. The van der Waals surface area contributed by atoms with E-state index in [1.807, 2.05) is 0 Å². The molecule has 3 N–H and O–H groups in total. The predicted molar refractivity (Wildman–Crippen MR) is 108 cm³/mol. The van der Waals surface area contributed by atoms with Crippen molar-refractivity contribution in [3.05, 3.63) is 46.6 Å². The van der Waals surface area contributed by atoms with Gasteiger partial charge in [0.05, 0.1) is 17.3 Å². The highest BCUT2D eigenvalue weighted by Crippen LogP contribution is 2.30. The maximum absolute atomic E-state index is 12.8. The number of nitrogens with zero attached hydrogens (tertiary/aromatic N) is 4. The molecule has 0 spiro atoms.